The van der Waals surface area contributed by atoms with Crippen LogP contribution in [0.3, 0.4) is 0 Å². The maximum absolute atomic E-state index is 11.7. The predicted octanol–water partition coefficient (Wildman–Crippen LogP) is 5.16. The van der Waals surface area contributed by atoms with Gasteiger partial charge in [0.2, 0.25) is 0 Å². The fourth-order valence-electron chi connectivity index (χ4n) is 9.68. The van der Waals surface area contributed by atoms with Gasteiger partial charge in [0.15, 0.2) is 0 Å². The minimum absolute atomic E-state index is 0.129. The van der Waals surface area contributed by atoms with E-state index in [1.807, 2.05) is 0 Å². The normalized spacial score (nSPS) is 50.3. The van der Waals surface area contributed by atoms with Crippen molar-refractivity contribution in [3.8, 4) is 0 Å². The van der Waals surface area contributed by atoms with E-state index in [4.69, 9.17) is 0 Å². The minimum atomic E-state index is -0.599. The number of rotatable bonds is 6. The zero-order valence-corrected chi connectivity index (χ0v) is 22.1. The molecule has 5 unspecified atom stereocenters. The molecule has 4 aliphatic rings. The molecule has 12 atom stereocenters. The standard InChI is InChI=1S/C29H52O4/c1-7-29(33,17(2)3)13-10-18(4)21-8-9-22-26-23(16-25(32)28(21,22)6)27(5)12-11-20(30)14-19(27)15-24(26)31/h17-26,30-33H,7-16H2,1-6H3/t18-,19?,20?,21-,22+,23+,24?,25?,26+,27+,28-,29?/m1/s1. The Kier molecular flexibility index (Phi) is 7.11. The van der Waals surface area contributed by atoms with Gasteiger partial charge >= 0.3 is 0 Å². The second kappa shape index (κ2) is 9.05. The zero-order chi connectivity index (χ0) is 24.3. The van der Waals surface area contributed by atoms with Gasteiger partial charge in [0.05, 0.1) is 23.9 Å². The van der Waals surface area contributed by atoms with Crippen LogP contribution in [0.1, 0.15) is 106 Å². The highest BCUT2D eigenvalue weighted by atomic mass is 16.3. The Morgan fingerprint density at radius 2 is 1.64 bits per heavy atom. The Hall–Kier alpha value is -0.160. The van der Waals surface area contributed by atoms with E-state index < -0.39 is 5.60 Å². The van der Waals surface area contributed by atoms with Gasteiger partial charge in [-0.25, -0.2) is 0 Å². The van der Waals surface area contributed by atoms with Crippen LogP contribution < -0.4 is 0 Å². The fourth-order valence-corrected chi connectivity index (χ4v) is 9.68. The molecular weight excluding hydrogens is 412 g/mol. The number of aliphatic hydroxyl groups excluding tert-OH is 3. The summed E-state index contributed by atoms with van der Waals surface area (Å²) in [7, 11) is 0. The lowest BCUT2D eigenvalue weighted by Crippen LogP contribution is -2.62. The summed E-state index contributed by atoms with van der Waals surface area (Å²) in [5, 5.41) is 44.5. The monoisotopic (exact) mass is 464 g/mol. The Morgan fingerprint density at radius 1 is 0.939 bits per heavy atom. The lowest BCUT2D eigenvalue weighted by molar-refractivity contribution is -0.207. The Bertz CT molecular complexity index is 695. The first-order valence-electron chi connectivity index (χ1n) is 14.1. The summed E-state index contributed by atoms with van der Waals surface area (Å²) < 4.78 is 0. The van der Waals surface area contributed by atoms with E-state index >= 15 is 0 Å². The van der Waals surface area contributed by atoms with Crippen molar-refractivity contribution < 1.29 is 20.4 Å². The molecule has 0 saturated heterocycles. The third-order valence-electron chi connectivity index (χ3n) is 12.2. The summed E-state index contributed by atoms with van der Waals surface area (Å²) in [4.78, 5) is 0. The van der Waals surface area contributed by atoms with Crippen LogP contribution in [0, 0.1) is 52.3 Å². The molecule has 0 aliphatic heterocycles. The van der Waals surface area contributed by atoms with Crippen molar-refractivity contribution in [2.24, 2.45) is 52.3 Å². The highest BCUT2D eigenvalue weighted by Crippen LogP contribution is 2.68. The molecule has 192 valence electrons. The smallest absolute Gasteiger partial charge is 0.0668 e. The molecule has 33 heavy (non-hydrogen) atoms. The quantitative estimate of drug-likeness (QED) is 0.438. The molecule has 4 rings (SSSR count). The van der Waals surface area contributed by atoms with Crippen LogP contribution in [0.15, 0.2) is 0 Å². The van der Waals surface area contributed by atoms with Crippen molar-refractivity contribution in [3.05, 3.63) is 0 Å². The fraction of sp³-hybridized carbons (Fsp3) is 1.00. The average Bonchev–Trinajstić information content (AvgIpc) is 3.12. The van der Waals surface area contributed by atoms with Gasteiger partial charge in [-0.1, -0.05) is 41.5 Å². The summed E-state index contributed by atoms with van der Waals surface area (Å²) in [6.07, 6.45) is 8.28. The lowest BCUT2D eigenvalue weighted by atomic mass is 9.43. The third-order valence-corrected chi connectivity index (χ3v) is 12.2. The molecule has 4 heteroatoms. The van der Waals surface area contributed by atoms with Crippen molar-refractivity contribution in [1.82, 2.24) is 0 Å². The molecule has 4 saturated carbocycles. The summed E-state index contributed by atoms with van der Waals surface area (Å²) in [6, 6.07) is 0. The second-order valence-electron chi connectivity index (χ2n) is 13.7. The largest absolute Gasteiger partial charge is 0.393 e. The van der Waals surface area contributed by atoms with Crippen molar-refractivity contribution in [2.45, 2.75) is 130 Å². The first-order valence-corrected chi connectivity index (χ1v) is 14.1. The van der Waals surface area contributed by atoms with E-state index in [0.29, 0.717) is 29.6 Å². The summed E-state index contributed by atoms with van der Waals surface area (Å²) >= 11 is 0. The van der Waals surface area contributed by atoms with Crippen molar-refractivity contribution in [3.63, 3.8) is 0 Å². The number of hydrogen-bond donors (Lipinski definition) is 4. The summed E-state index contributed by atoms with van der Waals surface area (Å²) in [5.41, 5.74) is -0.622. The predicted molar refractivity (Wildman–Crippen MR) is 132 cm³/mol. The molecule has 0 bridgehead atoms. The van der Waals surface area contributed by atoms with Gasteiger partial charge in [0.25, 0.3) is 0 Å². The first kappa shape index (κ1) is 25.9. The van der Waals surface area contributed by atoms with Gasteiger partial charge in [-0.05, 0) is 116 Å². The lowest BCUT2D eigenvalue weighted by Gasteiger charge is -2.63. The zero-order valence-electron chi connectivity index (χ0n) is 22.1. The molecular formula is C29H52O4. The number of fused-ring (bicyclic) bond motifs is 5. The molecule has 0 aromatic heterocycles. The van der Waals surface area contributed by atoms with Crippen LogP contribution in [0.4, 0.5) is 0 Å². The topological polar surface area (TPSA) is 80.9 Å². The number of hydrogen-bond acceptors (Lipinski definition) is 4. The molecule has 0 aromatic carbocycles. The van der Waals surface area contributed by atoms with Gasteiger partial charge in [-0.2, -0.15) is 0 Å². The van der Waals surface area contributed by atoms with E-state index in [0.717, 1.165) is 64.2 Å². The summed E-state index contributed by atoms with van der Waals surface area (Å²) in [5.74, 6) is 2.51. The molecule has 0 radical (unpaired) electrons. The SMILES string of the molecule is CCC(O)(CC[C@@H](C)[C@H]1CC[C@H]2[C@@H]3C(O)CC4CC(O)CC[C@]4(C)[C@H]3CC(O)[C@]12C)C(C)C. The summed E-state index contributed by atoms with van der Waals surface area (Å²) in [6.45, 7) is 13.4. The first-order chi connectivity index (χ1) is 15.4. The highest BCUT2D eigenvalue weighted by molar-refractivity contribution is 5.14. The van der Waals surface area contributed by atoms with E-state index in [1.54, 1.807) is 0 Å². The maximum Gasteiger partial charge on any atom is 0.0668 e. The van der Waals surface area contributed by atoms with Crippen LogP contribution in [-0.4, -0.2) is 44.3 Å². The van der Waals surface area contributed by atoms with Crippen LogP contribution in [0.5, 0.6) is 0 Å². The molecule has 0 amide bonds. The van der Waals surface area contributed by atoms with E-state index in [-0.39, 0.29) is 41.0 Å². The Balaban J connectivity index is 1.55. The van der Waals surface area contributed by atoms with Gasteiger partial charge in [-0.15, -0.1) is 0 Å². The molecule has 4 fully saturated rings. The molecule has 0 spiro atoms. The van der Waals surface area contributed by atoms with Crippen LogP contribution >= 0.6 is 0 Å². The van der Waals surface area contributed by atoms with Crippen molar-refractivity contribution in [2.75, 3.05) is 0 Å². The maximum atomic E-state index is 11.7. The highest BCUT2D eigenvalue weighted by Gasteiger charge is 2.65. The van der Waals surface area contributed by atoms with Crippen molar-refractivity contribution >= 4 is 0 Å². The van der Waals surface area contributed by atoms with Crippen molar-refractivity contribution in [1.29, 1.82) is 0 Å². The van der Waals surface area contributed by atoms with Gasteiger partial charge < -0.3 is 20.4 Å². The van der Waals surface area contributed by atoms with Crippen LogP contribution in [0.25, 0.3) is 0 Å². The molecule has 4 N–H and O–H groups in total. The van der Waals surface area contributed by atoms with Crippen LogP contribution in [-0.2, 0) is 0 Å². The average molecular weight is 465 g/mol. The molecule has 0 heterocycles. The Labute approximate surface area is 202 Å². The van der Waals surface area contributed by atoms with Gasteiger partial charge in [0, 0.05) is 0 Å². The van der Waals surface area contributed by atoms with E-state index in [9.17, 15) is 20.4 Å². The van der Waals surface area contributed by atoms with Gasteiger partial charge in [0.1, 0.15) is 0 Å². The number of aliphatic hydroxyl groups is 4. The minimum Gasteiger partial charge on any atom is -0.393 e. The molecule has 4 nitrogen and oxygen atoms in total. The van der Waals surface area contributed by atoms with E-state index in [2.05, 4.69) is 41.5 Å². The third kappa shape index (κ3) is 4.03. The van der Waals surface area contributed by atoms with E-state index in [1.165, 1.54) is 0 Å². The second-order valence-corrected chi connectivity index (χ2v) is 13.7. The Morgan fingerprint density at radius 3 is 2.27 bits per heavy atom. The molecule has 0 aromatic rings. The van der Waals surface area contributed by atoms with Crippen LogP contribution in [0.2, 0.25) is 0 Å². The van der Waals surface area contributed by atoms with Gasteiger partial charge in [-0.3, -0.25) is 0 Å². The molecule has 4 aliphatic carbocycles.